The molecule has 2 amide bonds. The summed E-state index contributed by atoms with van der Waals surface area (Å²) in [4.78, 5) is 25.8. The Balaban J connectivity index is 1.89. The van der Waals surface area contributed by atoms with Crippen molar-refractivity contribution >= 4 is 40.6 Å². The summed E-state index contributed by atoms with van der Waals surface area (Å²) in [5.41, 5.74) is 1.88. The van der Waals surface area contributed by atoms with Crippen LogP contribution in [0.15, 0.2) is 41.3 Å². The highest BCUT2D eigenvalue weighted by Crippen LogP contribution is 2.39. The largest absolute Gasteiger partial charge is 0.490 e. The number of halogens is 1. The zero-order valence-electron chi connectivity index (χ0n) is 16.5. The first-order valence-corrected chi connectivity index (χ1v) is 10.5. The fraction of sp³-hybridized carbons (Fsp3) is 0.227. The van der Waals surface area contributed by atoms with E-state index >= 15 is 0 Å². The highest BCUT2D eigenvalue weighted by Gasteiger charge is 2.33. The molecule has 0 atom stereocenters. The lowest BCUT2D eigenvalue weighted by Crippen LogP contribution is -2.27. The maximum Gasteiger partial charge on any atom is 0.293 e. The molecule has 1 saturated heterocycles. The molecular formula is C22H19ClN2O4S. The van der Waals surface area contributed by atoms with E-state index in [1.807, 2.05) is 19.1 Å². The molecule has 0 aliphatic carbocycles. The molecule has 8 heteroatoms. The van der Waals surface area contributed by atoms with Crippen LogP contribution in [0.3, 0.4) is 0 Å². The second kappa shape index (κ2) is 9.70. The van der Waals surface area contributed by atoms with Gasteiger partial charge in [-0.25, -0.2) is 0 Å². The van der Waals surface area contributed by atoms with E-state index in [9.17, 15) is 14.9 Å². The molecule has 1 aliphatic heterocycles. The highest BCUT2D eigenvalue weighted by atomic mass is 35.5. The van der Waals surface area contributed by atoms with Gasteiger partial charge in [0.2, 0.25) is 0 Å². The van der Waals surface area contributed by atoms with Gasteiger partial charge in [-0.15, -0.1) is 0 Å². The van der Waals surface area contributed by atoms with Crippen molar-refractivity contribution in [3.05, 3.63) is 63.0 Å². The van der Waals surface area contributed by atoms with E-state index in [0.29, 0.717) is 45.7 Å². The average Bonchev–Trinajstić information content (AvgIpc) is 3.00. The number of nitrogens with zero attached hydrogens (tertiary/aromatic N) is 2. The standard InChI is InChI=1S/C22H19ClN2O4S/c1-3-25-21(26)19(30-22(25)27)11-14-9-17(23)20(18(10-14)28-4-2)29-13-16-8-6-5-7-15(16)12-24/h5-11H,3-4,13H2,1-2H3/b19-11+. The van der Waals surface area contributed by atoms with Gasteiger partial charge in [-0.05, 0) is 55.4 Å². The minimum absolute atomic E-state index is 0.151. The van der Waals surface area contributed by atoms with Crippen LogP contribution in [0.4, 0.5) is 4.79 Å². The van der Waals surface area contributed by atoms with Crippen LogP contribution in [0.2, 0.25) is 5.02 Å². The van der Waals surface area contributed by atoms with Crippen molar-refractivity contribution in [2.75, 3.05) is 13.2 Å². The summed E-state index contributed by atoms with van der Waals surface area (Å²) in [7, 11) is 0. The van der Waals surface area contributed by atoms with Gasteiger partial charge in [-0.3, -0.25) is 14.5 Å². The number of imide groups is 1. The van der Waals surface area contributed by atoms with Gasteiger partial charge in [0.05, 0.1) is 28.2 Å². The molecule has 1 aliphatic rings. The predicted octanol–water partition coefficient (Wildman–Crippen LogP) is 5.25. The minimum atomic E-state index is -0.324. The van der Waals surface area contributed by atoms with Gasteiger partial charge in [-0.1, -0.05) is 29.8 Å². The van der Waals surface area contributed by atoms with Crippen molar-refractivity contribution in [3.63, 3.8) is 0 Å². The zero-order chi connectivity index (χ0) is 21.7. The fourth-order valence-electron chi connectivity index (χ4n) is 2.90. The molecule has 30 heavy (non-hydrogen) atoms. The Kier molecular flexibility index (Phi) is 7.03. The Morgan fingerprint density at radius 3 is 2.63 bits per heavy atom. The quantitative estimate of drug-likeness (QED) is 0.545. The molecule has 0 radical (unpaired) electrons. The second-order valence-corrected chi connectivity index (χ2v) is 7.65. The molecule has 0 unspecified atom stereocenters. The van der Waals surface area contributed by atoms with Gasteiger partial charge in [0, 0.05) is 12.1 Å². The molecule has 6 nitrogen and oxygen atoms in total. The van der Waals surface area contributed by atoms with E-state index in [1.54, 1.807) is 37.3 Å². The molecule has 2 aromatic carbocycles. The maximum absolute atomic E-state index is 12.3. The molecule has 3 rings (SSSR count). The Bertz CT molecular complexity index is 1060. The number of likely N-dealkylation sites (N-methyl/N-ethyl adjacent to an activating group) is 1. The first kappa shape index (κ1) is 21.8. The van der Waals surface area contributed by atoms with Crippen LogP contribution >= 0.6 is 23.4 Å². The van der Waals surface area contributed by atoms with Gasteiger partial charge < -0.3 is 9.47 Å². The number of thioether (sulfide) groups is 1. The van der Waals surface area contributed by atoms with E-state index in [4.69, 9.17) is 21.1 Å². The molecule has 154 valence electrons. The van der Waals surface area contributed by atoms with Crippen LogP contribution in [-0.4, -0.2) is 29.2 Å². The summed E-state index contributed by atoms with van der Waals surface area (Å²) in [6.45, 7) is 4.45. The van der Waals surface area contributed by atoms with Crippen molar-refractivity contribution in [2.45, 2.75) is 20.5 Å². The van der Waals surface area contributed by atoms with Crippen LogP contribution < -0.4 is 9.47 Å². The van der Waals surface area contributed by atoms with E-state index in [2.05, 4.69) is 6.07 Å². The average molecular weight is 443 g/mol. The summed E-state index contributed by atoms with van der Waals surface area (Å²) >= 11 is 7.34. The van der Waals surface area contributed by atoms with E-state index < -0.39 is 0 Å². The molecule has 2 aromatic rings. The number of carbonyl (C=O) groups is 2. The molecule has 0 saturated carbocycles. The van der Waals surface area contributed by atoms with Crippen LogP contribution in [0, 0.1) is 11.3 Å². The molecule has 0 spiro atoms. The van der Waals surface area contributed by atoms with E-state index in [-0.39, 0.29) is 17.8 Å². The Hall–Kier alpha value is -2.95. The molecule has 0 bridgehead atoms. The van der Waals surface area contributed by atoms with Gasteiger partial charge in [0.1, 0.15) is 6.61 Å². The maximum atomic E-state index is 12.3. The number of hydrogen-bond donors (Lipinski definition) is 0. The van der Waals surface area contributed by atoms with Crippen LogP contribution in [0.25, 0.3) is 6.08 Å². The van der Waals surface area contributed by atoms with Crippen molar-refractivity contribution in [1.82, 2.24) is 4.90 Å². The second-order valence-electron chi connectivity index (χ2n) is 6.25. The number of ether oxygens (including phenoxy) is 2. The SMILES string of the molecule is CCOc1cc(/C=C2/SC(=O)N(CC)C2=O)cc(Cl)c1OCc1ccccc1C#N. The smallest absolute Gasteiger partial charge is 0.293 e. The molecular weight excluding hydrogens is 424 g/mol. The Labute approximate surface area is 184 Å². The van der Waals surface area contributed by atoms with E-state index in [0.717, 1.165) is 17.3 Å². The lowest BCUT2D eigenvalue weighted by atomic mass is 10.1. The monoisotopic (exact) mass is 442 g/mol. The first-order valence-electron chi connectivity index (χ1n) is 9.31. The van der Waals surface area contributed by atoms with Crippen LogP contribution in [0.1, 0.15) is 30.5 Å². The summed E-state index contributed by atoms with van der Waals surface area (Å²) in [5.74, 6) is 0.445. The number of carbonyl (C=O) groups excluding carboxylic acids is 2. The van der Waals surface area contributed by atoms with Crippen molar-refractivity contribution in [1.29, 1.82) is 5.26 Å². The van der Waals surface area contributed by atoms with Gasteiger partial charge in [0.25, 0.3) is 11.1 Å². The topological polar surface area (TPSA) is 79.6 Å². The molecule has 0 N–H and O–H groups in total. The van der Waals surface area contributed by atoms with Gasteiger partial charge in [0.15, 0.2) is 11.5 Å². The molecule has 1 heterocycles. The fourth-order valence-corrected chi connectivity index (χ4v) is 4.08. The van der Waals surface area contributed by atoms with Crippen molar-refractivity contribution in [3.8, 4) is 17.6 Å². The Morgan fingerprint density at radius 1 is 1.20 bits per heavy atom. The van der Waals surface area contributed by atoms with E-state index in [1.165, 1.54) is 4.90 Å². The molecule has 1 fully saturated rings. The number of amides is 2. The van der Waals surface area contributed by atoms with Gasteiger partial charge in [-0.2, -0.15) is 5.26 Å². The van der Waals surface area contributed by atoms with Crippen molar-refractivity contribution < 1.29 is 19.1 Å². The van der Waals surface area contributed by atoms with Crippen LogP contribution in [-0.2, 0) is 11.4 Å². The minimum Gasteiger partial charge on any atom is -0.490 e. The van der Waals surface area contributed by atoms with Crippen LogP contribution in [0.5, 0.6) is 11.5 Å². The summed E-state index contributed by atoms with van der Waals surface area (Å²) in [6.07, 6.45) is 1.61. The van der Waals surface area contributed by atoms with Crippen molar-refractivity contribution in [2.24, 2.45) is 0 Å². The lowest BCUT2D eigenvalue weighted by molar-refractivity contribution is -0.122. The number of benzene rings is 2. The van der Waals surface area contributed by atoms with Gasteiger partial charge >= 0.3 is 0 Å². The molecule has 0 aromatic heterocycles. The lowest BCUT2D eigenvalue weighted by Gasteiger charge is -2.15. The summed E-state index contributed by atoms with van der Waals surface area (Å²) in [6, 6.07) is 12.6. The Morgan fingerprint density at radius 2 is 1.97 bits per heavy atom. The highest BCUT2D eigenvalue weighted by molar-refractivity contribution is 8.18. The number of rotatable bonds is 7. The zero-order valence-corrected chi connectivity index (χ0v) is 18.0. The number of hydrogen-bond acceptors (Lipinski definition) is 6. The third-order valence-corrected chi connectivity index (χ3v) is 5.52. The number of nitriles is 1. The summed E-state index contributed by atoms with van der Waals surface area (Å²) in [5, 5.41) is 9.25. The third kappa shape index (κ3) is 4.61. The predicted molar refractivity (Wildman–Crippen MR) is 116 cm³/mol. The third-order valence-electron chi connectivity index (χ3n) is 4.33. The first-order chi connectivity index (χ1) is 14.5. The normalized spacial score (nSPS) is 14.9. The summed E-state index contributed by atoms with van der Waals surface area (Å²) < 4.78 is 11.6.